The number of hydrogen-bond acceptors (Lipinski definition) is 16. The molecular formula is C53H54N2O16. The van der Waals surface area contributed by atoms with Gasteiger partial charge < -0.3 is 44.3 Å². The number of nitro groups is 1. The molecule has 11 atom stereocenters. The molecule has 3 unspecified atom stereocenters. The fourth-order valence-electron chi connectivity index (χ4n) is 11.2. The summed E-state index contributed by atoms with van der Waals surface area (Å²) in [5, 5.41) is 52.9. The topological polar surface area (TPSA) is 264 Å². The minimum atomic E-state index is -2.53. The van der Waals surface area contributed by atoms with Gasteiger partial charge in [-0.2, -0.15) is 0 Å². The van der Waals surface area contributed by atoms with E-state index >= 15 is 4.79 Å². The fraction of sp³-hybridized carbons (Fsp3) is 0.396. The SMILES string of the molecule is CC(=O)O[C@@]12CO[C@@H]1C[C@H](O)[C@@]1(C)C(=O)[C@H](OC(=O)Cc3ccccc3[N+](=O)[O-])C3=C(C)[C@@H](OC(=O)C(O)C(NC(=O)c4ccccc4)c4ccccc4)C[C@@](O)([C@@H](OC(=O)c4ccccc4)C12)C3(C)C. The molecule has 1 heterocycles. The molecule has 3 aliphatic carbocycles. The second-order valence-corrected chi connectivity index (χ2v) is 19.3. The predicted octanol–water partition coefficient (Wildman–Crippen LogP) is 4.87. The lowest BCUT2D eigenvalue weighted by molar-refractivity contribution is -0.385. The van der Waals surface area contributed by atoms with Crippen LogP contribution in [0.3, 0.4) is 0 Å². The summed E-state index contributed by atoms with van der Waals surface area (Å²) in [4.78, 5) is 97.4. The van der Waals surface area contributed by atoms with E-state index in [0.29, 0.717) is 5.56 Å². The largest absolute Gasteiger partial charge is 0.456 e. The van der Waals surface area contributed by atoms with Crippen LogP contribution in [-0.2, 0) is 49.3 Å². The summed E-state index contributed by atoms with van der Waals surface area (Å²) in [7, 11) is 0. The molecule has 1 aliphatic heterocycles. The van der Waals surface area contributed by atoms with Crippen LogP contribution < -0.4 is 5.32 Å². The highest BCUT2D eigenvalue weighted by Gasteiger charge is 2.78. The normalized spacial score (nSPS) is 29.2. The van der Waals surface area contributed by atoms with Crippen molar-refractivity contribution in [2.75, 3.05) is 6.61 Å². The number of ketones is 1. The lowest BCUT2D eigenvalue weighted by atomic mass is 9.44. The molecule has 0 aromatic heterocycles. The maximum Gasteiger partial charge on any atom is 0.338 e. The van der Waals surface area contributed by atoms with Gasteiger partial charge in [0, 0.05) is 42.4 Å². The van der Waals surface area contributed by atoms with Crippen LogP contribution >= 0.6 is 0 Å². The van der Waals surface area contributed by atoms with Crippen LogP contribution in [0.15, 0.2) is 126 Å². The minimum Gasteiger partial charge on any atom is -0.456 e. The molecule has 2 bridgehead atoms. The molecule has 1 amide bonds. The van der Waals surface area contributed by atoms with Gasteiger partial charge in [0.2, 0.25) is 0 Å². The molecule has 4 aromatic carbocycles. The van der Waals surface area contributed by atoms with Crippen molar-refractivity contribution < 1.29 is 72.7 Å². The van der Waals surface area contributed by atoms with E-state index in [9.17, 15) is 49.4 Å². The van der Waals surface area contributed by atoms with Gasteiger partial charge >= 0.3 is 23.9 Å². The zero-order valence-corrected chi connectivity index (χ0v) is 39.5. The second-order valence-electron chi connectivity index (χ2n) is 19.3. The second kappa shape index (κ2) is 19.2. The number of fused-ring (bicyclic) bond motifs is 5. The lowest BCUT2D eigenvalue weighted by Crippen LogP contribution is -2.82. The Bertz CT molecular complexity index is 2780. The Balaban J connectivity index is 1.30. The Hall–Kier alpha value is -7.12. The van der Waals surface area contributed by atoms with Crippen LogP contribution in [0.1, 0.15) is 85.3 Å². The molecule has 372 valence electrons. The third-order valence-corrected chi connectivity index (χ3v) is 15.0. The van der Waals surface area contributed by atoms with E-state index in [1.165, 1.54) is 64.1 Å². The number of ether oxygens (including phenoxy) is 5. The molecule has 0 spiro atoms. The summed E-state index contributed by atoms with van der Waals surface area (Å²) in [5.74, 6) is -7.58. The van der Waals surface area contributed by atoms with E-state index in [0.717, 1.165) is 6.92 Å². The Morgan fingerprint density at radius 3 is 2.04 bits per heavy atom. The smallest absolute Gasteiger partial charge is 0.338 e. The predicted molar refractivity (Wildman–Crippen MR) is 249 cm³/mol. The molecule has 4 aliphatic rings. The maximum absolute atomic E-state index is 16.0. The van der Waals surface area contributed by atoms with Crippen LogP contribution in [0.4, 0.5) is 5.69 Å². The fourth-order valence-corrected chi connectivity index (χ4v) is 11.2. The first-order valence-electron chi connectivity index (χ1n) is 23.1. The Morgan fingerprint density at radius 1 is 0.859 bits per heavy atom. The summed E-state index contributed by atoms with van der Waals surface area (Å²) < 4.78 is 30.8. The number of carbonyl (C=O) groups is 6. The number of para-hydroxylation sites is 1. The van der Waals surface area contributed by atoms with Gasteiger partial charge in [0.15, 0.2) is 23.6 Å². The van der Waals surface area contributed by atoms with Gasteiger partial charge in [-0.05, 0) is 54.8 Å². The minimum absolute atomic E-state index is 0.0171. The first-order valence-corrected chi connectivity index (χ1v) is 23.1. The monoisotopic (exact) mass is 974 g/mol. The van der Waals surface area contributed by atoms with Gasteiger partial charge in [0.1, 0.15) is 23.9 Å². The number of benzene rings is 4. The summed E-state index contributed by atoms with van der Waals surface area (Å²) >= 11 is 0. The van der Waals surface area contributed by atoms with Gasteiger partial charge in [0.05, 0.1) is 47.0 Å². The molecule has 3 fully saturated rings. The van der Waals surface area contributed by atoms with Crippen LogP contribution in [0, 0.1) is 26.9 Å². The zero-order valence-electron chi connectivity index (χ0n) is 39.5. The van der Waals surface area contributed by atoms with Crippen LogP contribution in [0.2, 0.25) is 0 Å². The average molecular weight is 975 g/mol. The molecule has 8 rings (SSSR count). The number of esters is 4. The van der Waals surface area contributed by atoms with Crippen molar-refractivity contribution in [3.8, 4) is 0 Å². The Labute approximate surface area is 408 Å². The number of nitro benzene ring substituents is 1. The quantitative estimate of drug-likeness (QED) is 0.0458. The number of rotatable bonds is 13. The summed E-state index contributed by atoms with van der Waals surface area (Å²) in [6.07, 6.45) is -12.2. The third kappa shape index (κ3) is 8.78. The Kier molecular flexibility index (Phi) is 13.6. The van der Waals surface area contributed by atoms with Crippen molar-refractivity contribution in [2.24, 2.45) is 16.7 Å². The molecular weight excluding hydrogens is 921 g/mol. The van der Waals surface area contributed by atoms with Crippen molar-refractivity contribution in [1.29, 1.82) is 0 Å². The molecule has 18 nitrogen and oxygen atoms in total. The molecule has 18 heteroatoms. The maximum atomic E-state index is 16.0. The van der Waals surface area contributed by atoms with Crippen molar-refractivity contribution in [3.05, 3.63) is 159 Å². The number of nitrogens with one attached hydrogen (secondary N) is 1. The summed E-state index contributed by atoms with van der Waals surface area (Å²) in [6.45, 7) is 6.52. The van der Waals surface area contributed by atoms with Crippen molar-refractivity contribution in [3.63, 3.8) is 0 Å². The Morgan fingerprint density at radius 2 is 1.45 bits per heavy atom. The average Bonchev–Trinajstić information content (AvgIpc) is 3.34. The number of nitrogens with zero attached hydrogens (tertiary/aromatic N) is 1. The highest BCUT2D eigenvalue weighted by Crippen LogP contribution is 2.64. The zero-order chi connectivity index (χ0) is 51.2. The van der Waals surface area contributed by atoms with Crippen LogP contribution in [0.25, 0.3) is 0 Å². The van der Waals surface area contributed by atoms with E-state index in [1.807, 2.05) is 0 Å². The number of carbonyl (C=O) groups excluding carboxylic acids is 6. The number of Topliss-reactive ketones (excluding diaryl/α,β-unsaturated/α-hetero) is 1. The number of aliphatic hydroxyl groups is 3. The standard InChI is InChI=1S/C53H54N2O16/c1-29-36(68-49(63)42(59)41(31-17-9-6-10-18-31)54-47(61)32-19-11-7-12-20-32)27-53(64)46(70-48(62)33-21-13-8-14-22-33)44-51(5,37(57)26-38-52(44,28-67-38)71-30(2)56)45(60)43(40(29)50(53,3)4)69-39(58)25-34-23-15-16-24-35(34)55(65)66/h6-24,36-38,41-44,46,57,59,64H,25-28H2,1-5H3,(H,54,61)/t36-,37-,38+,41?,42?,43+,44?,46-,51+,52-,53+/m0/s1. The van der Waals surface area contributed by atoms with Gasteiger partial charge in [-0.1, -0.05) is 98.8 Å². The van der Waals surface area contributed by atoms with Crippen LogP contribution in [-0.4, -0.2) is 110 Å². The van der Waals surface area contributed by atoms with Crippen molar-refractivity contribution >= 4 is 41.3 Å². The molecule has 4 aromatic rings. The summed E-state index contributed by atoms with van der Waals surface area (Å²) in [5.41, 5.74) is -8.45. The van der Waals surface area contributed by atoms with Gasteiger partial charge in [-0.25, -0.2) is 9.59 Å². The highest BCUT2D eigenvalue weighted by molar-refractivity contribution is 5.96. The van der Waals surface area contributed by atoms with E-state index in [1.54, 1.807) is 78.9 Å². The number of amides is 1. The first kappa shape index (κ1) is 50.3. The molecule has 2 saturated carbocycles. The van der Waals surface area contributed by atoms with E-state index < -0.39 is 136 Å². The van der Waals surface area contributed by atoms with Gasteiger partial charge in [-0.3, -0.25) is 29.3 Å². The first-order chi connectivity index (χ1) is 33.6. The van der Waals surface area contributed by atoms with Crippen LogP contribution in [0.5, 0.6) is 0 Å². The molecule has 0 radical (unpaired) electrons. The summed E-state index contributed by atoms with van der Waals surface area (Å²) in [6, 6.07) is 27.9. The third-order valence-electron chi connectivity index (χ3n) is 15.0. The number of hydrogen-bond donors (Lipinski definition) is 4. The molecule has 1 saturated heterocycles. The van der Waals surface area contributed by atoms with E-state index in [-0.39, 0.29) is 34.3 Å². The lowest BCUT2D eigenvalue weighted by Gasteiger charge is -2.67. The highest BCUT2D eigenvalue weighted by atomic mass is 16.6. The van der Waals surface area contributed by atoms with Gasteiger partial charge in [0.25, 0.3) is 11.6 Å². The van der Waals surface area contributed by atoms with Gasteiger partial charge in [-0.15, -0.1) is 0 Å². The van der Waals surface area contributed by atoms with E-state index in [4.69, 9.17) is 23.7 Å². The number of aliphatic hydroxyl groups excluding tert-OH is 2. The van der Waals surface area contributed by atoms with Crippen molar-refractivity contribution in [2.45, 2.75) is 108 Å². The molecule has 4 N–H and O–H groups in total. The van der Waals surface area contributed by atoms with Crippen molar-refractivity contribution in [1.82, 2.24) is 5.32 Å². The van der Waals surface area contributed by atoms with E-state index in [2.05, 4.69) is 5.32 Å². The molecule has 71 heavy (non-hydrogen) atoms.